The molecule has 6 nitrogen and oxygen atoms in total. The van der Waals surface area contributed by atoms with Crippen LogP contribution in [0.3, 0.4) is 0 Å². The summed E-state index contributed by atoms with van der Waals surface area (Å²) >= 11 is 3.34. The maximum atomic E-state index is 12.6. The topological polar surface area (TPSA) is 70.7 Å². The Hall–Kier alpha value is -1.22. The average Bonchev–Trinajstić information content (AvgIpc) is 3.61. The molecule has 0 bridgehead atoms. The summed E-state index contributed by atoms with van der Waals surface area (Å²) in [6.45, 7) is 19.8. The number of carbonyl (C=O) groups is 2. The zero-order valence-electron chi connectivity index (χ0n) is 27.2. The Balaban J connectivity index is 0.000000650. The van der Waals surface area contributed by atoms with Crippen molar-refractivity contribution in [2.24, 2.45) is 0 Å². The number of rotatable bonds is 5. The summed E-state index contributed by atoms with van der Waals surface area (Å²) in [4.78, 5) is 26.6. The minimum atomic E-state index is -0.540. The van der Waals surface area contributed by atoms with E-state index in [0.717, 1.165) is 59.9 Å². The third-order valence-corrected chi connectivity index (χ3v) is 7.62. The number of hydrogen-bond acceptors (Lipinski definition) is 4. The molecule has 0 spiro atoms. The second kappa shape index (κ2) is 17.0. The molecule has 2 aliphatic heterocycles. The van der Waals surface area contributed by atoms with Crippen molar-refractivity contribution in [1.29, 1.82) is 0 Å². The summed E-state index contributed by atoms with van der Waals surface area (Å²) in [7, 11) is 0. The minimum Gasteiger partial charge on any atom is -1.00 e. The van der Waals surface area contributed by atoms with Crippen LogP contribution in [0, 0.1) is 27.7 Å². The number of carbonyl (C=O) groups excluding carboxylic acids is 2. The van der Waals surface area contributed by atoms with Gasteiger partial charge in [-0.1, -0.05) is 52.3 Å². The van der Waals surface area contributed by atoms with E-state index in [1.54, 1.807) is 0 Å². The van der Waals surface area contributed by atoms with Crippen LogP contribution in [0.4, 0.5) is 11.4 Å². The van der Waals surface area contributed by atoms with Gasteiger partial charge >= 0.3 is 29.6 Å². The van der Waals surface area contributed by atoms with Gasteiger partial charge < -0.3 is 16.8 Å². The molecule has 2 saturated heterocycles. The number of amides is 2. The number of aryl methyl sites for hydroxylation is 4. The number of anilines is 2. The summed E-state index contributed by atoms with van der Waals surface area (Å²) in [5.41, 5.74) is 5.83. The van der Waals surface area contributed by atoms with E-state index in [1.165, 1.54) is 25.7 Å². The maximum absolute atomic E-state index is 12.6. The van der Waals surface area contributed by atoms with E-state index in [1.807, 2.05) is 91.8 Å². The van der Waals surface area contributed by atoms with Gasteiger partial charge in [-0.15, -0.1) is 0 Å². The number of nitrogens with one attached hydrogen (secondary N) is 2. The standard InChI is InChI=1S/C16H24N2O.C12H16BrNO.C4H8O.Na.H/c1-12-8-7-9-13(2)14(12)17-15(19)16(3,4)18-10-5-6-11-18;1-8-6-5-7-9(2)10(8)14-11(15)12(3,4)13;1-2-4-5-3-1;;/h7-9H,5-6,10-11H2,1-4H3,(H,17,19);5-7H,1-4H3,(H,14,15);1-4H2;;/q;;;+1;-1. The van der Waals surface area contributed by atoms with Gasteiger partial charge in [0.25, 0.3) is 0 Å². The molecule has 0 aliphatic carbocycles. The number of ether oxygens (including phenoxy) is 1. The molecule has 0 unspecified atom stereocenters. The summed E-state index contributed by atoms with van der Waals surface area (Å²) in [5, 5.41) is 6.05. The van der Waals surface area contributed by atoms with E-state index in [2.05, 4.69) is 31.5 Å². The van der Waals surface area contributed by atoms with Crippen LogP contribution in [-0.2, 0) is 14.3 Å². The van der Waals surface area contributed by atoms with Gasteiger partial charge in [0.1, 0.15) is 0 Å². The van der Waals surface area contributed by atoms with Crippen molar-refractivity contribution in [3.63, 3.8) is 0 Å². The zero-order valence-corrected chi connectivity index (χ0v) is 29.8. The molecular weight excluding hydrogens is 577 g/mol. The molecule has 0 aromatic heterocycles. The monoisotopic (exact) mass is 625 g/mol. The molecule has 2 heterocycles. The van der Waals surface area contributed by atoms with Gasteiger partial charge in [0, 0.05) is 24.6 Å². The summed E-state index contributed by atoms with van der Waals surface area (Å²) < 4.78 is 4.40. The van der Waals surface area contributed by atoms with Crippen LogP contribution < -0.4 is 40.2 Å². The largest absolute Gasteiger partial charge is 1.00 e. The molecular formula is C32H49BrN3NaO3. The average molecular weight is 627 g/mol. The third kappa shape index (κ3) is 11.2. The fourth-order valence-corrected chi connectivity index (χ4v) is 4.58. The predicted molar refractivity (Wildman–Crippen MR) is 168 cm³/mol. The first-order valence-corrected chi connectivity index (χ1v) is 14.8. The fourth-order valence-electron chi connectivity index (χ4n) is 4.48. The predicted octanol–water partition coefficient (Wildman–Crippen LogP) is 4.45. The van der Waals surface area contributed by atoms with Crippen LogP contribution in [0.15, 0.2) is 36.4 Å². The second-order valence-electron chi connectivity index (χ2n) is 11.5. The molecule has 218 valence electrons. The Labute approximate surface area is 274 Å². The second-order valence-corrected chi connectivity index (χ2v) is 13.5. The van der Waals surface area contributed by atoms with Crippen molar-refractivity contribution >= 4 is 39.1 Å². The Morgan fingerprint density at radius 1 is 0.750 bits per heavy atom. The van der Waals surface area contributed by atoms with Crippen molar-refractivity contribution in [3.05, 3.63) is 58.7 Å². The van der Waals surface area contributed by atoms with E-state index in [4.69, 9.17) is 4.74 Å². The van der Waals surface area contributed by atoms with Gasteiger partial charge in [0.15, 0.2) is 0 Å². The summed E-state index contributed by atoms with van der Waals surface area (Å²) in [6.07, 6.45) is 4.94. The van der Waals surface area contributed by atoms with Gasteiger partial charge in [0.05, 0.1) is 9.86 Å². The van der Waals surface area contributed by atoms with Crippen LogP contribution in [0.25, 0.3) is 0 Å². The van der Waals surface area contributed by atoms with Crippen molar-refractivity contribution in [3.8, 4) is 0 Å². The number of nitrogens with zero attached hydrogens (tertiary/aromatic N) is 1. The van der Waals surface area contributed by atoms with E-state index in [9.17, 15) is 9.59 Å². The van der Waals surface area contributed by atoms with Crippen LogP contribution in [0.1, 0.15) is 77.1 Å². The van der Waals surface area contributed by atoms with Gasteiger partial charge in [-0.05, 0) is 116 Å². The molecule has 2 aromatic carbocycles. The van der Waals surface area contributed by atoms with E-state index < -0.39 is 9.86 Å². The molecule has 4 rings (SSSR count). The SMILES string of the molecule is C1CCOC1.Cc1cccc(C)c1NC(=O)C(C)(C)Br.Cc1cccc(C)c1NC(=O)C(C)(C)N1CCCC1.[H-].[Na+]. The van der Waals surface area contributed by atoms with Crippen LogP contribution in [-0.4, -0.2) is 52.9 Å². The molecule has 0 atom stereocenters. The smallest absolute Gasteiger partial charge is 1.00 e. The summed E-state index contributed by atoms with van der Waals surface area (Å²) in [6, 6.07) is 12.1. The molecule has 2 N–H and O–H groups in total. The molecule has 8 heteroatoms. The number of hydrogen-bond donors (Lipinski definition) is 2. The van der Waals surface area contributed by atoms with Crippen LogP contribution >= 0.6 is 15.9 Å². The first-order valence-electron chi connectivity index (χ1n) is 14.0. The Morgan fingerprint density at radius 2 is 1.12 bits per heavy atom. The quantitative estimate of drug-likeness (QED) is 0.381. The number of likely N-dealkylation sites (tertiary alicyclic amines) is 1. The number of halogens is 1. The van der Waals surface area contributed by atoms with Crippen LogP contribution in [0.5, 0.6) is 0 Å². The molecule has 2 aliphatic rings. The van der Waals surface area contributed by atoms with Crippen molar-refractivity contribution in [1.82, 2.24) is 4.90 Å². The van der Waals surface area contributed by atoms with Gasteiger partial charge in [-0.3, -0.25) is 14.5 Å². The number of benzene rings is 2. The Bertz CT molecular complexity index is 1060. The van der Waals surface area contributed by atoms with Gasteiger partial charge in [-0.2, -0.15) is 0 Å². The van der Waals surface area contributed by atoms with Gasteiger partial charge in [-0.25, -0.2) is 0 Å². The molecule has 40 heavy (non-hydrogen) atoms. The van der Waals surface area contributed by atoms with E-state index in [0.29, 0.717) is 0 Å². The minimum absolute atomic E-state index is 0. The zero-order chi connectivity index (χ0) is 29.2. The maximum Gasteiger partial charge on any atom is 1.00 e. The van der Waals surface area contributed by atoms with E-state index in [-0.39, 0.29) is 42.8 Å². The number of alkyl halides is 1. The van der Waals surface area contributed by atoms with E-state index >= 15 is 0 Å². The Kier molecular flexibility index (Phi) is 15.7. The first kappa shape index (κ1) is 36.8. The molecule has 0 saturated carbocycles. The Morgan fingerprint density at radius 3 is 1.45 bits per heavy atom. The molecule has 0 radical (unpaired) electrons. The first-order chi connectivity index (χ1) is 18.2. The van der Waals surface area contributed by atoms with Gasteiger partial charge in [0.2, 0.25) is 11.8 Å². The molecule has 2 amide bonds. The van der Waals surface area contributed by atoms with Crippen molar-refractivity contribution < 1.29 is 45.3 Å². The number of para-hydroxylation sites is 2. The fraction of sp³-hybridized carbons (Fsp3) is 0.562. The van der Waals surface area contributed by atoms with Crippen LogP contribution in [0.2, 0.25) is 0 Å². The molecule has 2 fully saturated rings. The third-order valence-electron chi connectivity index (χ3n) is 7.26. The van der Waals surface area contributed by atoms with Crippen molar-refractivity contribution in [2.75, 3.05) is 36.9 Å². The normalized spacial score (nSPS) is 15.1. The van der Waals surface area contributed by atoms with Crippen molar-refractivity contribution in [2.45, 2.75) is 90.9 Å². The summed E-state index contributed by atoms with van der Waals surface area (Å²) in [5.74, 6) is 0.0618. The molecule has 2 aromatic rings.